The van der Waals surface area contributed by atoms with Crippen molar-refractivity contribution in [3.05, 3.63) is 58.5 Å². The number of hydrogen-bond acceptors (Lipinski definition) is 8. The molecule has 7 nitrogen and oxygen atoms in total. The Bertz CT molecular complexity index is 1530. The van der Waals surface area contributed by atoms with Crippen molar-refractivity contribution in [2.75, 3.05) is 29.3 Å². The number of benzene rings is 1. The molecule has 0 amide bonds. The van der Waals surface area contributed by atoms with Gasteiger partial charge in [-0.05, 0) is 66.5 Å². The molecule has 2 aliphatic heterocycles. The Morgan fingerprint density at radius 1 is 1.06 bits per heavy atom. The van der Waals surface area contributed by atoms with Crippen molar-refractivity contribution < 1.29 is 8.42 Å². The lowest BCUT2D eigenvalue weighted by Gasteiger charge is -2.18. The number of nitrogens with zero attached hydrogens (tertiary/aromatic N) is 4. The Balaban J connectivity index is 1.26. The highest BCUT2D eigenvalue weighted by molar-refractivity contribution is 7.94. The van der Waals surface area contributed by atoms with Crippen molar-refractivity contribution >= 4 is 60.1 Å². The second-order valence-corrected chi connectivity index (χ2v) is 12.3. The largest absolute Gasteiger partial charge is 0.339 e. The Labute approximate surface area is 206 Å². The van der Waals surface area contributed by atoms with E-state index in [9.17, 15) is 8.42 Å². The van der Waals surface area contributed by atoms with Crippen LogP contribution in [0.1, 0.15) is 23.3 Å². The van der Waals surface area contributed by atoms with Gasteiger partial charge < -0.3 is 10.2 Å². The molecule has 1 saturated heterocycles. The zero-order chi connectivity index (χ0) is 23.1. The van der Waals surface area contributed by atoms with Crippen LogP contribution >= 0.6 is 22.7 Å². The van der Waals surface area contributed by atoms with E-state index in [0.717, 1.165) is 50.9 Å². The standard InChI is InChI=1S/C24H21N5O2S3/c30-34(31,22-4-3-13-32-22)29-12-7-17-14-18(5-6-21(17)29)27-24-23-20(25-16-26-24)15-19(33-23)8-11-28-9-1-2-10-28/h3-6,13-16H,1-2,7,9-10,12H2,(H,25,26,27). The van der Waals surface area contributed by atoms with Crippen molar-refractivity contribution in [3.8, 4) is 12.0 Å². The number of fused-ring (bicyclic) bond motifs is 2. The number of hydrogen-bond donors (Lipinski definition) is 1. The molecule has 3 aromatic heterocycles. The van der Waals surface area contributed by atoms with E-state index in [1.807, 2.05) is 24.3 Å². The summed E-state index contributed by atoms with van der Waals surface area (Å²) in [5.74, 6) is 4.00. The maximum absolute atomic E-state index is 13.0. The van der Waals surface area contributed by atoms with Crippen LogP contribution in [0.2, 0.25) is 0 Å². The fourth-order valence-corrected chi connectivity index (χ4v) is 7.83. The van der Waals surface area contributed by atoms with Gasteiger partial charge in [0.15, 0.2) is 5.82 Å². The van der Waals surface area contributed by atoms with Crippen molar-refractivity contribution in [1.29, 1.82) is 0 Å². The monoisotopic (exact) mass is 507 g/mol. The number of sulfonamides is 1. The SMILES string of the molecule is O=S(=O)(c1cccs1)N1CCc2cc(Nc3ncnc4cc(C#CN5CCCC5)sc34)ccc21. The first-order valence-corrected chi connectivity index (χ1v) is 14.2. The van der Waals surface area contributed by atoms with Gasteiger partial charge in [-0.1, -0.05) is 6.07 Å². The molecule has 0 spiro atoms. The molecule has 10 heteroatoms. The summed E-state index contributed by atoms with van der Waals surface area (Å²) in [6.45, 7) is 2.52. The first kappa shape index (κ1) is 21.4. The molecule has 0 unspecified atom stereocenters. The van der Waals surface area contributed by atoms with Gasteiger partial charge >= 0.3 is 0 Å². The molecule has 1 N–H and O–H groups in total. The molecule has 6 rings (SSSR count). The van der Waals surface area contributed by atoms with Crippen LogP contribution in [0.25, 0.3) is 10.2 Å². The molecule has 172 valence electrons. The van der Waals surface area contributed by atoms with Crippen molar-refractivity contribution in [3.63, 3.8) is 0 Å². The molecule has 0 saturated carbocycles. The van der Waals surface area contributed by atoms with Gasteiger partial charge in [-0.15, -0.1) is 22.7 Å². The molecule has 5 heterocycles. The van der Waals surface area contributed by atoms with E-state index < -0.39 is 10.0 Å². The van der Waals surface area contributed by atoms with Crippen LogP contribution in [0.5, 0.6) is 0 Å². The minimum Gasteiger partial charge on any atom is -0.339 e. The number of anilines is 3. The minimum atomic E-state index is -3.52. The maximum Gasteiger partial charge on any atom is 0.273 e. The zero-order valence-electron chi connectivity index (χ0n) is 18.2. The van der Waals surface area contributed by atoms with Crippen LogP contribution < -0.4 is 9.62 Å². The molecule has 34 heavy (non-hydrogen) atoms. The predicted molar refractivity (Wildman–Crippen MR) is 137 cm³/mol. The smallest absolute Gasteiger partial charge is 0.273 e. The summed E-state index contributed by atoms with van der Waals surface area (Å²) in [7, 11) is -3.52. The van der Waals surface area contributed by atoms with Crippen LogP contribution in [0.15, 0.2) is 52.3 Å². The third kappa shape index (κ3) is 3.90. The fourth-order valence-electron chi connectivity index (χ4n) is 4.32. The zero-order valence-corrected chi connectivity index (χ0v) is 20.6. The van der Waals surface area contributed by atoms with Gasteiger partial charge in [-0.3, -0.25) is 4.31 Å². The summed E-state index contributed by atoms with van der Waals surface area (Å²) in [5.41, 5.74) is 3.47. The molecule has 1 aromatic carbocycles. The third-order valence-corrected chi connectivity index (χ3v) is 10.2. The number of nitrogens with one attached hydrogen (secondary N) is 1. The lowest BCUT2D eigenvalue weighted by molar-refractivity contribution is 0.496. The van der Waals surface area contributed by atoms with Crippen molar-refractivity contribution in [2.24, 2.45) is 0 Å². The predicted octanol–water partition coefficient (Wildman–Crippen LogP) is 4.65. The molecule has 0 radical (unpaired) electrons. The van der Waals surface area contributed by atoms with Crippen LogP contribution in [0, 0.1) is 12.0 Å². The highest BCUT2D eigenvalue weighted by Gasteiger charge is 2.31. The Hall–Kier alpha value is -3.13. The van der Waals surface area contributed by atoms with Crippen LogP contribution in [-0.4, -0.2) is 42.9 Å². The van der Waals surface area contributed by atoms with E-state index in [1.165, 1.54) is 28.5 Å². The van der Waals surface area contributed by atoms with Crippen molar-refractivity contribution in [2.45, 2.75) is 23.5 Å². The molecule has 0 bridgehead atoms. The number of aromatic nitrogens is 2. The Morgan fingerprint density at radius 2 is 1.94 bits per heavy atom. The van der Waals surface area contributed by atoms with Crippen LogP contribution in [0.3, 0.4) is 0 Å². The first-order chi connectivity index (χ1) is 16.6. The van der Waals surface area contributed by atoms with E-state index in [-0.39, 0.29) is 0 Å². The van der Waals surface area contributed by atoms with Crippen LogP contribution in [-0.2, 0) is 16.4 Å². The minimum absolute atomic E-state index is 0.368. The summed E-state index contributed by atoms with van der Waals surface area (Å²) >= 11 is 2.82. The summed E-state index contributed by atoms with van der Waals surface area (Å²) in [6, 6.07) is 14.5. The average molecular weight is 508 g/mol. The van der Waals surface area contributed by atoms with E-state index in [2.05, 4.69) is 32.1 Å². The molecule has 0 aliphatic carbocycles. The number of rotatable bonds is 4. The topological polar surface area (TPSA) is 78.4 Å². The number of likely N-dealkylation sites (tertiary alicyclic amines) is 1. The normalized spacial score (nSPS) is 15.4. The van der Waals surface area contributed by atoms with Gasteiger partial charge in [0.2, 0.25) is 0 Å². The second-order valence-electron chi connectivity index (χ2n) is 8.21. The molecule has 0 atom stereocenters. The third-order valence-electron chi connectivity index (χ3n) is 5.99. The quantitative estimate of drug-likeness (QED) is 0.405. The van der Waals surface area contributed by atoms with E-state index in [0.29, 0.717) is 17.2 Å². The second kappa shape index (κ2) is 8.58. The highest BCUT2D eigenvalue weighted by Crippen LogP contribution is 2.37. The van der Waals surface area contributed by atoms with Gasteiger partial charge in [0.25, 0.3) is 10.0 Å². The van der Waals surface area contributed by atoms with Gasteiger partial charge in [0.1, 0.15) is 10.5 Å². The highest BCUT2D eigenvalue weighted by atomic mass is 32.2. The summed E-state index contributed by atoms with van der Waals surface area (Å²) in [6.07, 6.45) is 4.64. The number of thiophene rings is 2. The van der Waals surface area contributed by atoms with E-state index >= 15 is 0 Å². The van der Waals surface area contributed by atoms with Gasteiger partial charge in [0, 0.05) is 31.4 Å². The van der Waals surface area contributed by atoms with Gasteiger partial charge in [-0.2, -0.15) is 0 Å². The molecular formula is C24H21N5O2S3. The molecular weight excluding hydrogens is 486 g/mol. The molecule has 1 fully saturated rings. The van der Waals surface area contributed by atoms with Gasteiger partial charge in [0.05, 0.1) is 20.8 Å². The summed E-state index contributed by atoms with van der Waals surface area (Å²) < 4.78 is 28.9. The van der Waals surface area contributed by atoms with Gasteiger partial charge in [-0.25, -0.2) is 18.4 Å². The maximum atomic E-state index is 13.0. The van der Waals surface area contributed by atoms with Crippen LogP contribution in [0.4, 0.5) is 17.2 Å². The van der Waals surface area contributed by atoms with E-state index in [4.69, 9.17) is 0 Å². The molecule has 2 aliphatic rings. The first-order valence-electron chi connectivity index (χ1n) is 11.1. The Morgan fingerprint density at radius 3 is 2.76 bits per heavy atom. The average Bonchev–Trinajstić information content (AvgIpc) is 3.64. The summed E-state index contributed by atoms with van der Waals surface area (Å²) in [4.78, 5) is 12.0. The lowest BCUT2D eigenvalue weighted by atomic mass is 10.1. The fraction of sp³-hybridized carbons (Fsp3) is 0.250. The van der Waals surface area contributed by atoms with E-state index in [1.54, 1.807) is 35.2 Å². The Kier molecular flexibility index (Phi) is 5.40. The summed E-state index contributed by atoms with van der Waals surface area (Å²) in [5, 5.41) is 5.19. The lowest BCUT2D eigenvalue weighted by Crippen LogP contribution is -2.28. The van der Waals surface area contributed by atoms with Crippen molar-refractivity contribution in [1.82, 2.24) is 14.9 Å². The molecule has 4 aromatic rings.